The fourth-order valence-corrected chi connectivity index (χ4v) is 4.89. The molecule has 3 heterocycles. The van der Waals surface area contributed by atoms with Gasteiger partial charge in [0.05, 0.1) is 11.6 Å². The van der Waals surface area contributed by atoms with Gasteiger partial charge in [-0.15, -0.1) is 0 Å². The molecule has 0 unspecified atom stereocenters. The predicted molar refractivity (Wildman–Crippen MR) is 135 cm³/mol. The van der Waals surface area contributed by atoms with E-state index in [4.69, 9.17) is 28.5 Å². The van der Waals surface area contributed by atoms with Crippen molar-refractivity contribution in [2.24, 2.45) is 5.92 Å². The molecule has 0 radical (unpaired) electrons. The molecule has 1 saturated heterocycles. The highest BCUT2D eigenvalue weighted by Gasteiger charge is 2.19. The summed E-state index contributed by atoms with van der Waals surface area (Å²) < 4.78 is 2.29. The van der Waals surface area contributed by atoms with Crippen LogP contribution in [0.5, 0.6) is 0 Å². The fraction of sp³-hybridized carbons (Fsp3) is 0.259. The highest BCUT2D eigenvalue weighted by Crippen LogP contribution is 2.34. The van der Waals surface area contributed by atoms with Crippen LogP contribution in [-0.2, 0) is 6.54 Å². The van der Waals surface area contributed by atoms with Crippen LogP contribution in [0.15, 0.2) is 67.1 Å². The van der Waals surface area contributed by atoms with Crippen LogP contribution in [0.25, 0.3) is 33.2 Å². The van der Waals surface area contributed by atoms with Crippen LogP contribution < -0.4 is 0 Å². The van der Waals surface area contributed by atoms with E-state index in [2.05, 4.69) is 38.8 Å². The minimum absolute atomic E-state index is 0.208. The highest BCUT2D eigenvalue weighted by molar-refractivity contribution is 6.31. The number of hydrogen-bond donors (Lipinski definition) is 0. The Labute approximate surface area is 204 Å². The molecule has 2 aromatic heterocycles. The summed E-state index contributed by atoms with van der Waals surface area (Å²) in [6.45, 7) is 3.80. The summed E-state index contributed by atoms with van der Waals surface area (Å²) in [5, 5.41) is 11.8. The lowest BCUT2D eigenvalue weighted by molar-refractivity contribution is 0.200. The Kier molecular flexibility index (Phi) is 6.37. The molecule has 0 saturated carbocycles. The van der Waals surface area contributed by atoms with Crippen LogP contribution in [-0.4, -0.2) is 34.1 Å². The zero-order valence-electron chi connectivity index (χ0n) is 18.2. The van der Waals surface area contributed by atoms with Crippen LogP contribution in [0.1, 0.15) is 12.8 Å². The first-order valence-electron chi connectivity index (χ1n) is 11.2. The van der Waals surface area contributed by atoms with Crippen molar-refractivity contribution >= 4 is 34.1 Å². The lowest BCUT2D eigenvalue weighted by Crippen LogP contribution is -2.35. The lowest BCUT2D eigenvalue weighted by atomic mass is 9.99. The van der Waals surface area contributed by atoms with Gasteiger partial charge in [-0.1, -0.05) is 41.4 Å². The molecule has 0 aliphatic carbocycles. The van der Waals surface area contributed by atoms with Crippen LogP contribution >= 0.6 is 23.2 Å². The molecule has 0 N–H and O–H groups in total. The molecule has 1 aliphatic heterocycles. The van der Waals surface area contributed by atoms with Gasteiger partial charge in [0.25, 0.3) is 0 Å². The van der Waals surface area contributed by atoms with Crippen molar-refractivity contribution in [2.45, 2.75) is 19.4 Å². The molecule has 0 bridgehead atoms. The molecule has 4 nitrogen and oxygen atoms in total. The molecule has 33 heavy (non-hydrogen) atoms. The summed E-state index contributed by atoms with van der Waals surface area (Å²) in [7, 11) is 0. The van der Waals surface area contributed by atoms with Crippen molar-refractivity contribution < 1.29 is 0 Å². The zero-order valence-corrected chi connectivity index (χ0v) is 19.7. The second-order valence-electron chi connectivity index (χ2n) is 8.61. The predicted octanol–water partition coefficient (Wildman–Crippen LogP) is 6.91. The molecule has 166 valence electrons. The number of rotatable bonds is 5. The molecule has 0 atom stereocenters. The molecule has 6 heteroatoms. The third-order valence-corrected chi connectivity index (χ3v) is 6.99. The Morgan fingerprint density at radius 3 is 2.36 bits per heavy atom. The number of nitrogens with zero attached hydrogens (tertiary/aromatic N) is 4. The number of fused-ring (bicyclic) bond motifs is 1. The van der Waals surface area contributed by atoms with Gasteiger partial charge in [-0.05, 0) is 61.8 Å². The quantitative estimate of drug-likeness (QED) is 0.315. The van der Waals surface area contributed by atoms with Crippen molar-refractivity contribution in [1.82, 2.24) is 14.5 Å². The maximum Gasteiger partial charge on any atom is 0.0656 e. The topological polar surface area (TPSA) is 44.9 Å². The Balaban J connectivity index is 1.45. The van der Waals surface area contributed by atoms with E-state index in [0.717, 1.165) is 82.2 Å². The van der Waals surface area contributed by atoms with E-state index in [1.807, 2.05) is 48.8 Å². The largest absolute Gasteiger partial charge is 0.346 e. The molecule has 2 aromatic carbocycles. The van der Waals surface area contributed by atoms with Crippen molar-refractivity contribution in [3.05, 3.63) is 77.2 Å². The van der Waals surface area contributed by atoms with Gasteiger partial charge in [0.1, 0.15) is 0 Å². The van der Waals surface area contributed by atoms with Crippen LogP contribution in [0.4, 0.5) is 0 Å². The van der Waals surface area contributed by atoms with E-state index in [1.165, 1.54) is 0 Å². The average Bonchev–Trinajstić information content (AvgIpc) is 3.21. The summed E-state index contributed by atoms with van der Waals surface area (Å²) in [4.78, 5) is 6.98. The monoisotopic (exact) mass is 474 g/mol. The first-order chi connectivity index (χ1) is 16.1. The maximum absolute atomic E-state index is 9.15. The summed E-state index contributed by atoms with van der Waals surface area (Å²) >= 11 is 12.4. The number of nitriles is 1. The third-order valence-electron chi connectivity index (χ3n) is 6.50. The molecule has 0 spiro atoms. The van der Waals surface area contributed by atoms with Gasteiger partial charge >= 0.3 is 0 Å². The molecule has 1 fully saturated rings. The van der Waals surface area contributed by atoms with Crippen LogP contribution in [0, 0.1) is 17.2 Å². The smallest absolute Gasteiger partial charge is 0.0656 e. The van der Waals surface area contributed by atoms with E-state index in [9.17, 15) is 0 Å². The van der Waals surface area contributed by atoms with Crippen LogP contribution in [0.2, 0.25) is 10.0 Å². The number of aromatic nitrogens is 2. The Morgan fingerprint density at radius 2 is 1.61 bits per heavy atom. The van der Waals surface area contributed by atoms with Crippen molar-refractivity contribution in [1.29, 1.82) is 5.26 Å². The first kappa shape index (κ1) is 22.0. The van der Waals surface area contributed by atoms with Gasteiger partial charge in [0.15, 0.2) is 0 Å². The van der Waals surface area contributed by atoms with Gasteiger partial charge in [0.2, 0.25) is 0 Å². The molecule has 4 aromatic rings. The van der Waals surface area contributed by atoms with Crippen molar-refractivity contribution in [2.75, 3.05) is 19.6 Å². The summed E-state index contributed by atoms with van der Waals surface area (Å²) in [5.74, 6) is 0.208. The van der Waals surface area contributed by atoms with Crippen LogP contribution in [0.3, 0.4) is 0 Å². The third kappa shape index (κ3) is 4.77. The van der Waals surface area contributed by atoms with Gasteiger partial charge in [-0.25, -0.2) is 0 Å². The Bertz CT molecular complexity index is 1310. The maximum atomic E-state index is 9.15. The number of likely N-dealkylation sites (tertiary alicyclic amines) is 1. The number of piperidine rings is 1. The molecule has 1 aliphatic rings. The summed E-state index contributed by atoms with van der Waals surface area (Å²) in [5.41, 5.74) is 5.48. The Morgan fingerprint density at radius 1 is 0.879 bits per heavy atom. The number of pyridine rings is 1. The molecule has 0 amide bonds. The van der Waals surface area contributed by atoms with E-state index < -0.39 is 0 Å². The minimum Gasteiger partial charge on any atom is -0.346 e. The molecular weight excluding hydrogens is 451 g/mol. The molecular formula is C27H24Cl2N4. The number of hydrogen-bond acceptors (Lipinski definition) is 3. The number of benzene rings is 2. The van der Waals surface area contributed by atoms with Gasteiger partial charge in [0, 0.05) is 69.7 Å². The van der Waals surface area contributed by atoms with Gasteiger partial charge < -0.3 is 9.47 Å². The average molecular weight is 475 g/mol. The second kappa shape index (κ2) is 9.57. The van der Waals surface area contributed by atoms with E-state index in [-0.39, 0.29) is 5.92 Å². The summed E-state index contributed by atoms with van der Waals surface area (Å²) in [6, 6.07) is 18.5. The highest BCUT2D eigenvalue weighted by atomic mass is 35.5. The number of halogens is 2. The zero-order chi connectivity index (χ0) is 22.8. The van der Waals surface area contributed by atoms with E-state index in [1.54, 1.807) is 0 Å². The first-order valence-corrected chi connectivity index (χ1v) is 12.0. The minimum atomic E-state index is 0.208. The Hall–Kier alpha value is -2.84. The standard InChI is InChI=1S/C27H24Cl2N4/c28-23-3-1-20(2-4-23)21-13-22(17-31-16-21)26-18-33(27-14-24(29)5-6-25(26)27)12-11-32-9-7-19(15-30)8-10-32/h1-6,13-14,16-19H,7-12H2. The fourth-order valence-electron chi connectivity index (χ4n) is 4.60. The van der Waals surface area contributed by atoms with Crippen molar-refractivity contribution in [3.63, 3.8) is 0 Å². The normalized spacial score (nSPS) is 15.1. The van der Waals surface area contributed by atoms with Gasteiger partial charge in [-0.2, -0.15) is 5.26 Å². The van der Waals surface area contributed by atoms with Gasteiger partial charge in [-0.3, -0.25) is 4.98 Å². The van der Waals surface area contributed by atoms with Crippen molar-refractivity contribution in [3.8, 4) is 28.3 Å². The second-order valence-corrected chi connectivity index (χ2v) is 9.48. The summed E-state index contributed by atoms with van der Waals surface area (Å²) in [6.07, 6.45) is 7.94. The molecule has 5 rings (SSSR count). The SMILES string of the molecule is N#CC1CCN(CCn2cc(-c3cncc(-c4ccc(Cl)cc4)c3)c3ccc(Cl)cc32)CC1. The lowest BCUT2D eigenvalue weighted by Gasteiger charge is -2.29. The van der Waals surface area contributed by atoms with E-state index >= 15 is 0 Å². The van der Waals surface area contributed by atoms with E-state index in [0.29, 0.717) is 0 Å².